The molecule has 4 heterocycles. The van der Waals surface area contributed by atoms with Crippen LogP contribution in [0.4, 0.5) is 0 Å². The zero-order valence-corrected chi connectivity index (χ0v) is 22.5. The Balaban J connectivity index is 1.55. The first-order chi connectivity index (χ1) is 17.5. The Kier molecular flexibility index (Phi) is 7.48. The predicted molar refractivity (Wildman–Crippen MR) is 146 cm³/mol. The van der Waals surface area contributed by atoms with E-state index in [9.17, 15) is 0 Å². The number of morpholine rings is 1. The second kappa shape index (κ2) is 10.8. The van der Waals surface area contributed by atoms with Gasteiger partial charge in [0.1, 0.15) is 5.75 Å². The van der Waals surface area contributed by atoms with Crippen molar-refractivity contribution in [2.45, 2.75) is 25.9 Å². The van der Waals surface area contributed by atoms with Gasteiger partial charge in [-0.05, 0) is 68.0 Å². The fourth-order valence-corrected chi connectivity index (χ4v) is 5.85. The first-order valence-electron chi connectivity index (χ1n) is 12.3. The topological polar surface area (TPSA) is 54.8 Å². The van der Waals surface area contributed by atoms with E-state index in [0.717, 1.165) is 73.0 Å². The molecule has 190 valence electrons. The normalized spacial score (nSPS) is 20.6. The molecule has 7 nitrogen and oxygen atoms in total. The van der Waals surface area contributed by atoms with Crippen molar-refractivity contribution in [1.29, 1.82) is 0 Å². The van der Waals surface area contributed by atoms with Crippen molar-refractivity contribution < 1.29 is 9.47 Å². The first-order valence-corrected chi connectivity index (χ1v) is 13.1. The maximum absolute atomic E-state index is 6.40. The van der Waals surface area contributed by atoms with Crippen LogP contribution in [-0.2, 0) is 4.74 Å². The summed E-state index contributed by atoms with van der Waals surface area (Å²) in [5.74, 6) is 0.776. The number of methoxy groups -OCH3 is 1. The number of nitrogens with one attached hydrogen (secondary N) is 1. The van der Waals surface area contributed by atoms with Crippen LogP contribution in [0.25, 0.3) is 5.69 Å². The van der Waals surface area contributed by atoms with Gasteiger partial charge < -0.3 is 24.3 Å². The Labute approximate surface area is 223 Å². The van der Waals surface area contributed by atoms with E-state index in [1.807, 2.05) is 36.5 Å². The number of hydrogen-bond acceptors (Lipinski definition) is 5. The SMILES string of the molecule is COc1ccc(Cl)cc1-n1c(C)cc([C@@H]2[C@H](c3ccccn3)NC(=S)N2CCN2CCOCC2)c1C. The lowest BCUT2D eigenvalue weighted by Gasteiger charge is -2.32. The van der Waals surface area contributed by atoms with E-state index >= 15 is 0 Å². The number of halogens is 1. The lowest BCUT2D eigenvalue weighted by Crippen LogP contribution is -2.42. The van der Waals surface area contributed by atoms with Crippen molar-refractivity contribution in [1.82, 2.24) is 24.7 Å². The number of hydrogen-bond donors (Lipinski definition) is 1. The van der Waals surface area contributed by atoms with Gasteiger partial charge in [-0.25, -0.2) is 0 Å². The van der Waals surface area contributed by atoms with Gasteiger partial charge in [0.2, 0.25) is 0 Å². The fraction of sp³-hybridized carbons (Fsp3) is 0.407. The summed E-state index contributed by atoms with van der Waals surface area (Å²) in [6.45, 7) is 9.49. The number of aromatic nitrogens is 2. The molecule has 0 amide bonds. The number of rotatable bonds is 7. The van der Waals surface area contributed by atoms with Gasteiger partial charge in [0.05, 0.1) is 43.8 Å². The van der Waals surface area contributed by atoms with Gasteiger partial charge in [-0.3, -0.25) is 9.88 Å². The molecule has 1 aromatic carbocycles. The number of ether oxygens (including phenoxy) is 2. The average Bonchev–Trinajstić information content (AvgIpc) is 3.38. The summed E-state index contributed by atoms with van der Waals surface area (Å²) in [7, 11) is 1.69. The molecular formula is C27H32ClN5O2S. The van der Waals surface area contributed by atoms with Crippen molar-refractivity contribution in [3.05, 3.63) is 76.3 Å². The summed E-state index contributed by atoms with van der Waals surface area (Å²) in [6, 6.07) is 14.0. The number of nitrogens with zero attached hydrogens (tertiary/aromatic N) is 4. The van der Waals surface area contributed by atoms with Crippen molar-refractivity contribution in [3.8, 4) is 11.4 Å². The zero-order valence-electron chi connectivity index (χ0n) is 20.9. The second-order valence-corrected chi connectivity index (χ2v) is 10.1. The molecule has 1 N–H and O–H groups in total. The molecule has 2 atom stereocenters. The van der Waals surface area contributed by atoms with Crippen LogP contribution < -0.4 is 10.1 Å². The summed E-state index contributed by atoms with van der Waals surface area (Å²) < 4.78 is 13.4. The van der Waals surface area contributed by atoms with E-state index in [0.29, 0.717) is 5.02 Å². The molecule has 36 heavy (non-hydrogen) atoms. The highest BCUT2D eigenvalue weighted by Gasteiger charge is 2.41. The van der Waals surface area contributed by atoms with E-state index in [-0.39, 0.29) is 12.1 Å². The molecule has 5 rings (SSSR count). The van der Waals surface area contributed by atoms with Crippen LogP contribution in [0.1, 0.15) is 34.7 Å². The molecular weight excluding hydrogens is 494 g/mol. The number of pyridine rings is 1. The van der Waals surface area contributed by atoms with Gasteiger partial charge in [0.25, 0.3) is 0 Å². The quantitative estimate of drug-likeness (QED) is 0.457. The van der Waals surface area contributed by atoms with Crippen LogP contribution in [0.3, 0.4) is 0 Å². The van der Waals surface area contributed by atoms with Crippen LogP contribution >= 0.6 is 23.8 Å². The molecule has 2 fully saturated rings. The van der Waals surface area contributed by atoms with Crippen molar-refractivity contribution in [2.75, 3.05) is 46.5 Å². The zero-order chi connectivity index (χ0) is 25.2. The highest BCUT2D eigenvalue weighted by Crippen LogP contribution is 2.42. The molecule has 0 aliphatic carbocycles. The smallest absolute Gasteiger partial charge is 0.170 e. The van der Waals surface area contributed by atoms with E-state index in [1.165, 1.54) is 5.56 Å². The van der Waals surface area contributed by atoms with Gasteiger partial charge in [-0.1, -0.05) is 17.7 Å². The number of thiocarbonyl (C=S) groups is 1. The summed E-state index contributed by atoms with van der Waals surface area (Å²) in [5, 5.41) is 5.01. The molecule has 0 radical (unpaired) electrons. The standard InChI is InChI=1S/C27H32ClN5O2S/c1-18-16-21(19(2)33(18)23-17-20(28)7-8-24(23)34-3)26-25(22-6-4-5-9-29-22)30-27(36)32(26)11-10-31-12-14-35-15-13-31/h4-9,16-17,25-26H,10-15H2,1-3H3,(H,30,36)/t25-,26+/m0/s1. The molecule has 0 saturated carbocycles. The second-order valence-electron chi connectivity index (χ2n) is 9.25. The maximum Gasteiger partial charge on any atom is 0.170 e. The lowest BCUT2D eigenvalue weighted by molar-refractivity contribution is 0.0350. The van der Waals surface area contributed by atoms with Gasteiger partial charge >= 0.3 is 0 Å². The monoisotopic (exact) mass is 525 g/mol. The highest BCUT2D eigenvalue weighted by atomic mass is 35.5. The molecule has 2 aliphatic rings. The van der Waals surface area contributed by atoms with Crippen LogP contribution in [0.5, 0.6) is 5.75 Å². The van der Waals surface area contributed by atoms with Gasteiger partial charge in [0.15, 0.2) is 5.11 Å². The van der Waals surface area contributed by atoms with Crippen molar-refractivity contribution >= 4 is 28.9 Å². The Morgan fingerprint density at radius 2 is 1.94 bits per heavy atom. The van der Waals surface area contributed by atoms with Crippen LogP contribution in [0.15, 0.2) is 48.7 Å². The average molecular weight is 526 g/mol. The Bertz CT molecular complexity index is 1230. The van der Waals surface area contributed by atoms with Crippen molar-refractivity contribution in [2.24, 2.45) is 0 Å². The molecule has 2 saturated heterocycles. The van der Waals surface area contributed by atoms with Gasteiger partial charge in [-0.15, -0.1) is 0 Å². The largest absolute Gasteiger partial charge is 0.495 e. The first kappa shape index (κ1) is 25.0. The Morgan fingerprint density at radius 1 is 1.14 bits per heavy atom. The predicted octanol–water partition coefficient (Wildman–Crippen LogP) is 4.46. The van der Waals surface area contributed by atoms with Crippen LogP contribution in [-0.4, -0.2) is 71.0 Å². The number of benzene rings is 1. The number of aryl methyl sites for hydroxylation is 1. The van der Waals surface area contributed by atoms with E-state index in [4.69, 9.17) is 38.3 Å². The van der Waals surface area contributed by atoms with Crippen LogP contribution in [0, 0.1) is 13.8 Å². The maximum atomic E-state index is 6.40. The lowest BCUT2D eigenvalue weighted by atomic mass is 9.96. The third-order valence-electron chi connectivity index (χ3n) is 7.13. The summed E-state index contributed by atoms with van der Waals surface area (Å²) in [6.07, 6.45) is 1.84. The van der Waals surface area contributed by atoms with Gasteiger partial charge in [0, 0.05) is 48.8 Å². The summed E-state index contributed by atoms with van der Waals surface area (Å²) >= 11 is 12.3. The molecule has 2 aromatic heterocycles. The highest BCUT2D eigenvalue weighted by molar-refractivity contribution is 7.80. The molecule has 0 bridgehead atoms. The van der Waals surface area contributed by atoms with E-state index < -0.39 is 0 Å². The minimum absolute atomic E-state index is 0.00132. The molecule has 0 unspecified atom stereocenters. The fourth-order valence-electron chi connectivity index (χ4n) is 5.35. The van der Waals surface area contributed by atoms with Gasteiger partial charge in [-0.2, -0.15) is 0 Å². The summed E-state index contributed by atoms with van der Waals surface area (Å²) in [5.41, 5.74) is 5.34. The third-order valence-corrected chi connectivity index (χ3v) is 7.72. The molecule has 0 spiro atoms. The van der Waals surface area contributed by atoms with E-state index in [1.54, 1.807) is 7.11 Å². The Hall–Kier alpha value is -2.65. The molecule has 3 aromatic rings. The minimum Gasteiger partial charge on any atom is -0.495 e. The molecule has 9 heteroatoms. The summed E-state index contributed by atoms with van der Waals surface area (Å²) in [4.78, 5) is 9.46. The Morgan fingerprint density at radius 3 is 2.67 bits per heavy atom. The minimum atomic E-state index is -0.0569. The molecule has 2 aliphatic heterocycles. The van der Waals surface area contributed by atoms with Crippen molar-refractivity contribution in [3.63, 3.8) is 0 Å². The van der Waals surface area contributed by atoms with E-state index in [2.05, 4.69) is 45.7 Å². The third kappa shape index (κ3) is 4.83. The van der Waals surface area contributed by atoms with Crippen LogP contribution in [0.2, 0.25) is 5.02 Å².